The summed E-state index contributed by atoms with van der Waals surface area (Å²) < 4.78 is 0. The van der Waals surface area contributed by atoms with Crippen molar-refractivity contribution >= 4 is 10.8 Å². The van der Waals surface area contributed by atoms with Gasteiger partial charge in [-0.25, -0.2) is 0 Å². The molecule has 0 fully saturated rings. The maximum Gasteiger partial charge on any atom is 0.0719 e. The fraction of sp³-hybridized carbons (Fsp3) is 0.179. The van der Waals surface area contributed by atoms with Crippen molar-refractivity contribution in [2.75, 3.05) is 0 Å². The molecule has 5 aliphatic rings. The highest BCUT2D eigenvalue weighted by atomic mass is 15.2. The van der Waals surface area contributed by atoms with Crippen LogP contribution >= 0.6 is 0 Å². The first kappa shape index (κ1) is 36.1. The van der Waals surface area contributed by atoms with E-state index < -0.39 is 0 Å². The van der Waals surface area contributed by atoms with Gasteiger partial charge in [-0.3, -0.25) is 0 Å². The van der Waals surface area contributed by atoms with Crippen LogP contribution < -0.4 is 5.73 Å². The van der Waals surface area contributed by atoms with Gasteiger partial charge in [-0.05, 0) is 135 Å². The Kier molecular flexibility index (Phi) is 9.52. The molecule has 6 aromatic rings. The van der Waals surface area contributed by atoms with E-state index >= 15 is 0 Å². The van der Waals surface area contributed by atoms with Gasteiger partial charge in [-0.15, -0.1) is 0 Å². The van der Waals surface area contributed by atoms with Crippen molar-refractivity contribution in [3.8, 4) is 22.3 Å². The third-order valence-corrected chi connectivity index (χ3v) is 13.0. The molecule has 2 heteroatoms. The highest BCUT2D eigenvalue weighted by Crippen LogP contribution is 2.64. The smallest absolute Gasteiger partial charge is 0.0719 e. The van der Waals surface area contributed by atoms with E-state index in [4.69, 9.17) is 5.73 Å². The Morgan fingerprint density at radius 1 is 0.672 bits per heavy atom. The predicted molar refractivity (Wildman–Crippen MR) is 243 cm³/mol. The van der Waals surface area contributed by atoms with Crippen molar-refractivity contribution in [1.82, 2.24) is 4.90 Å². The van der Waals surface area contributed by atoms with Crippen molar-refractivity contribution in [2.24, 2.45) is 5.73 Å². The van der Waals surface area contributed by atoms with Crippen LogP contribution in [0.25, 0.3) is 33.0 Å². The van der Waals surface area contributed by atoms with Crippen LogP contribution in [0.3, 0.4) is 0 Å². The van der Waals surface area contributed by atoms with Crippen molar-refractivity contribution in [3.63, 3.8) is 0 Å². The highest BCUT2D eigenvalue weighted by Gasteiger charge is 2.54. The van der Waals surface area contributed by atoms with E-state index in [2.05, 4.69) is 194 Å². The lowest BCUT2D eigenvalue weighted by Crippen LogP contribution is -2.45. The van der Waals surface area contributed by atoms with Crippen molar-refractivity contribution in [1.29, 1.82) is 0 Å². The van der Waals surface area contributed by atoms with E-state index in [1.807, 2.05) is 0 Å². The third-order valence-electron chi connectivity index (χ3n) is 13.0. The number of benzene rings is 6. The summed E-state index contributed by atoms with van der Waals surface area (Å²) in [6.45, 7) is 2.73. The van der Waals surface area contributed by atoms with Gasteiger partial charge in [0, 0.05) is 17.9 Å². The second-order valence-corrected chi connectivity index (χ2v) is 16.3. The Morgan fingerprint density at radius 3 is 2.26 bits per heavy atom. The third kappa shape index (κ3) is 6.06. The zero-order valence-electron chi connectivity index (χ0n) is 33.4. The molecule has 4 aliphatic carbocycles. The normalized spacial score (nSPS) is 19.8. The first-order valence-electron chi connectivity index (χ1n) is 21.1. The molecule has 0 saturated heterocycles. The van der Waals surface area contributed by atoms with Crippen LogP contribution in [0.4, 0.5) is 0 Å². The van der Waals surface area contributed by atoms with E-state index in [9.17, 15) is 0 Å². The Balaban J connectivity index is 0.000000247. The van der Waals surface area contributed by atoms with Gasteiger partial charge >= 0.3 is 0 Å². The highest BCUT2D eigenvalue weighted by molar-refractivity contribution is 6.01. The van der Waals surface area contributed by atoms with Gasteiger partial charge in [0.25, 0.3) is 0 Å². The summed E-state index contributed by atoms with van der Waals surface area (Å²) in [4.78, 5) is 2.72. The molecule has 0 radical (unpaired) electrons. The number of hydrogen-bond acceptors (Lipinski definition) is 2. The average molecular weight is 751 g/mol. The molecule has 1 heterocycles. The first-order valence-corrected chi connectivity index (χ1v) is 21.1. The molecule has 0 bridgehead atoms. The number of aryl methyl sites for hydroxylation is 1. The van der Waals surface area contributed by atoms with Crippen molar-refractivity contribution in [3.05, 3.63) is 238 Å². The Labute approximate surface area is 343 Å². The molecular weight excluding hydrogens is 701 g/mol. The Bertz CT molecular complexity index is 2720. The largest absolute Gasteiger partial charge is 0.338 e. The number of nitrogens with two attached hydrogens (primary N) is 1. The molecule has 0 saturated carbocycles. The molecular formula is C56H50N2. The van der Waals surface area contributed by atoms with E-state index in [1.165, 1.54) is 77.8 Å². The number of hydrogen-bond donors (Lipinski definition) is 1. The van der Waals surface area contributed by atoms with Gasteiger partial charge in [0.15, 0.2) is 0 Å². The molecule has 11 rings (SSSR count). The van der Waals surface area contributed by atoms with Crippen molar-refractivity contribution < 1.29 is 0 Å². The Morgan fingerprint density at radius 2 is 1.43 bits per heavy atom. The minimum absolute atomic E-state index is 0.335. The van der Waals surface area contributed by atoms with Crippen molar-refractivity contribution in [2.45, 2.75) is 63.5 Å². The van der Waals surface area contributed by atoms with Crippen LogP contribution in [0.1, 0.15) is 65.5 Å². The van der Waals surface area contributed by atoms with Crippen LogP contribution in [-0.2, 0) is 18.4 Å². The van der Waals surface area contributed by atoms with Gasteiger partial charge in [0.05, 0.1) is 11.5 Å². The molecule has 2 unspecified atom stereocenters. The first-order chi connectivity index (χ1) is 28.6. The second-order valence-electron chi connectivity index (χ2n) is 16.3. The fourth-order valence-corrected chi connectivity index (χ4v) is 10.3. The average Bonchev–Trinajstić information content (AvgIpc) is 3.59. The van der Waals surface area contributed by atoms with E-state index in [0.717, 1.165) is 44.1 Å². The maximum absolute atomic E-state index is 5.96. The lowest BCUT2D eigenvalue weighted by molar-refractivity contribution is 0.327. The van der Waals surface area contributed by atoms with Gasteiger partial charge in [0.1, 0.15) is 0 Å². The number of fused-ring (bicyclic) bond motifs is 9. The predicted octanol–water partition coefficient (Wildman–Crippen LogP) is 13.2. The molecule has 2 atom stereocenters. The molecule has 1 spiro atoms. The second kappa shape index (κ2) is 15.3. The quantitative estimate of drug-likeness (QED) is 0.190. The monoisotopic (exact) mass is 750 g/mol. The minimum Gasteiger partial charge on any atom is -0.338 e. The van der Waals surface area contributed by atoms with Crippen LogP contribution in [0.5, 0.6) is 0 Å². The zero-order valence-corrected chi connectivity index (χ0v) is 33.4. The molecule has 6 aromatic carbocycles. The summed E-state index contributed by atoms with van der Waals surface area (Å²) in [7, 11) is 0. The SMILES string of the molecule is Cc1ccccc1Cc1ccccc1.NCc1ccc(-c2ccc3c(c2)C2(C4=C(CCC=C4)N(C4C=CC=CC4)C4=C2CCC=C4)c2c-3ccc3ccccc23)cc1. The molecule has 284 valence electrons. The minimum atomic E-state index is -0.337. The topological polar surface area (TPSA) is 29.3 Å². The maximum atomic E-state index is 5.96. The lowest BCUT2D eigenvalue weighted by atomic mass is 9.60. The van der Waals surface area contributed by atoms with Crippen LogP contribution in [-0.4, -0.2) is 10.9 Å². The van der Waals surface area contributed by atoms with E-state index in [1.54, 1.807) is 5.57 Å². The van der Waals surface area contributed by atoms with Crippen LogP contribution in [0.2, 0.25) is 0 Å². The summed E-state index contributed by atoms with van der Waals surface area (Å²) in [5.74, 6) is 0. The van der Waals surface area contributed by atoms with Crippen LogP contribution in [0.15, 0.2) is 205 Å². The molecule has 58 heavy (non-hydrogen) atoms. The standard InChI is InChI=1S/C42H36N2.C14H14/c43-27-28-18-20-29(21-19-28)31-23-24-34-35-25-22-30-10-4-5-13-33(30)41(35)42(38(34)26-31)36-14-6-8-16-39(36)44(32-11-2-1-3-12-32)40-17-9-7-15-37(40)42;1-12-7-5-6-10-14(12)11-13-8-3-2-4-9-13/h1-6,9-11,13-14,17-26,32H,7-8,12,15-16,27,43H2;2-10H,11H2,1H3. The Hall–Kier alpha value is -6.22. The van der Waals surface area contributed by atoms with E-state index in [-0.39, 0.29) is 5.41 Å². The van der Waals surface area contributed by atoms with Gasteiger partial charge < -0.3 is 10.6 Å². The molecule has 2 N–H and O–H groups in total. The van der Waals surface area contributed by atoms with Gasteiger partial charge in [0.2, 0.25) is 0 Å². The summed E-state index contributed by atoms with van der Waals surface area (Å²) in [6, 6.07) is 49.3. The number of rotatable bonds is 5. The summed E-state index contributed by atoms with van der Waals surface area (Å²) in [6.07, 6.45) is 25.3. The van der Waals surface area contributed by atoms with Gasteiger partial charge in [-0.2, -0.15) is 0 Å². The summed E-state index contributed by atoms with van der Waals surface area (Å²) >= 11 is 0. The molecule has 0 amide bonds. The fourth-order valence-electron chi connectivity index (χ4n) is 10.3. The van der Waals surface area contributed by atoms with Crippen LogP contribution in [0, 0.1) is 6.92 Å². The molecule has 1 aliphatic heterocycles. The molecule has 2 nitrogen and oxygen atoms in total. The lowest BCUT2D eigenvalue weighted by Gasteiger charge is -2.51. The number of allylic oxidation sites excluding steroid dienone is 9. The van der Waals surface area contributed by atoms with E-state index in [0.29, 0.717) is 12.6 Å². The zero-order chi connectivity index (χ0) is 39.1. The number of nitrogens with zero attached hydrogens (tertiary/aromatic N) is 1. The summed E-state index contributed by atoms with van der Waals surface area (Å²) in [5, 5.41) is 2.69. The summed E-state index contributed by atoms with van der Waals surface area (Å²) in [5.41, 5.74) is 25.1. The van der Waals surface area contributed by atoms with Gasteiger partial charge in [-0.1, -0.05) is 170 Å². The molecule has 0 aromatic heterocycles.